The fraction of sp³-hybridized carbons (Fsp3) is 0.480. The highest BCUT2D eigenvalue weighted by atomic mass is 19.4. The van der Waals surface area contributed by atoms with Gasteiger partial charge in [0.05, 0.1) is 35.9 Å². The van der Waals surface area contributed by atoms with Crippen LogP contribution in [0.4, 0.5) is 26.3 Å². The normalized spacial score (nSPS) is 23.6. The molecule has 5 nitrogen and oxygen atoms in total. The van der Waals surface area contributed by atoms with Gasteiger partial charge >= 0.3 is 12.4 Å². The summed E-state index contributed by atoms with van der Waals surface area (Å²) in [7, 11) is 0. The third-order valence-electron chi connectivity index (χ3n) is 6.51. The summed E-state index contributed by atoms with van der Waals surface area (Å²) in [6.07, 6.45) is -9.50. The lowest BCUT2D eigenvalue weighted by molar-refractivity contribution is -0.143. The van der Waals surface area contributed by atoms with Crippen LogP contribution >= 0.6 is 0 Å². The van der Waals surface area contributed by atoms with Crippen LogP contribution in [0.3, 0.4) is 0 Å². The third-order valence-corrected chi connectivity index (χ3v) is 6.51. The Labute approximate surface area is 204 Å². The van der Waals surface area contributed by atoms with Crippen LogP contribution in [0.1, 0.15) is 48.1 Å². The first-order valence-electron chi connectivity index (χ1n) is 11.6. The Kier molecular flexibility index (Phi) is 7.51. The standard InChI is InChI=1S/C25H27F6N3O2/c1-16(17-11-19(24(26,27)28)13-20(12-17)25(29,30)31)36-15-23(18-5-3-2-4-6-18)8-7-21(14-33-23)34-22-32-9-10-35-22/h2-6,11-13,16,21,33H,7-10,14-15H2,1H3,(H,32,34)/t16?,21-,23?/m0/s1. The monoisotopic (exact) mass is 515 g/mol. The summed E-state index contributed by atoms with van der Waals surface area (Å²) < 4.78 is 91.2. The number of nitrogens with zero attached hydrogens (tertiary/aromatic N) is 1. The van der Waals surface area contributed by atoms with E-state index in [9.17, 15) is 26.3 Å². The van der Waals surface area contributed by atoms with Gasteiger partial charge in [0.25, 0.3) is 6.02 Å². The molecule has 0 spiro atoms. The van der Waals surface area contributed by atoms with Crippen molar-refractivity contribution in [3.05, 3.63) is 70.8 Å². The lowest BCUT2D eigenvalue weighted by Crippen LogP contribution is -2.57. The first-order valence-corrected chi connectivity index (χ1v) is 11.6. The predicted molar refractivity (Wildman–Crippen MR) is 121 cm³/mol. The van der Waals surface area contributed by atoms with Gasteiger partial charge < -0.3 is 20.1 Å². The number of halogens is 6. The van der Waals surface area contributed by atoms with Crippen molar-refractivity contribution in [3.63, 3.8) is 0 Å². The summed E-state index contributed by atoms with van der Waals surface area (Å²) in [5.74, 6) is 0. The zero-order chi connectivity index (χ0) is 26.0. The van der Waals surface area contributed by atoms with Crippen molar-refractivity contribution in [2.45, 2.75) is 49.8 Å². The minimum absolute atomic E-state index is 0.0499. The lowest BCUT2D eigenvalue weighted by atomic mass is 9.81. The van der Waals surface area contributed by atoms with Crippen LogP contribution in [0.2, 0.25) is 0 Å². The number of aliphatic imine (C=N–C) groups is 1. The molecule has 2 aromatic rings. The van der Waals surface area contributed by atoms with Gasteiger partial charge in [-0.3, -0.25) is 0 Å². The molecule has 2 aromatic carbocycles. The molecule has 1 saturated heterocycles. The van der Waals surface area contributed by atoms with Crippen LogP contribution in [0.5, 0.6) is 0 Å². The highest BCUT2D eigenvalue weighted by molar-refractivity contribution is 5.75. The van der Waals surface area contributed by atoms with E-state index >= 15 is 0 Å². The maximum atomic E-state index is 13.3. The van der Waals surface area contributed by atoms with Crippen molar-refractivity contribution in [1.29, 1.82) is 0 Å². The SMILES string of the molecule is CC(OCC1(c2ccccc2)CC[C@H](NC2=NCCO2)CN1)c1cc(C(F)(F)F)cc(C(F)(F)F)c1. The van der Waals surface area contributed by atoms with Crippen LogP contribution in [0.15, 0.2) is 53.5 Å². The van der Waals surface area contributed by atoms with Crippen LogP contribution in [0.25, 0.3) is 0 Å². The van der Waals surface area contributed by atoms with E-state index in [-0.39, 0.29) is 24.3 Å². The minimum Gasteiger partial charge on any atom is -0.463 e. The Morgan fingerprint density at radius 2 is 1.75 bits per heavy atom. The molecule has 11 heteroatoms. The first-order chi connectivity index (χ1) is 17.0. The van der Waals surface area contributed by atoms with Gasteiger partial charge in [-0.1, -0.05) is 30.3 Å². The molecule has 3 atom stereocenters. The van der Waals surface area contributed by atoms with Crippen LogP contribution in [-0.2, 0) is 27.4 Å². The first kappa shape index (κ1) is 26.3. The number of hydrogen-bond donors (Lipinski definition) is 2. The molecule has 0 aliphatic carbocycles. The van der Waals surface area contributed by atoms with Crippen molar-refractivity contribution >= 4 is 6.02 Å². The van der Waals surface area contributed by atoms with Crippen molar-refractivity contribution in [2.75, 3.05) is 26.3 Å². The van der Waals surface area contributed by atoms with Gasteiger partial charge in [0.15, 0.2) is 0 Å². The molecular weight excluding hydrogens is 488 g/mol. The molecule has 2 N–H and O–H groups in total. The molecule has 2 heterocycles. The van der Waals surface area contributed by atoms with Crippen molar-refractivity contribution in [1.82, 2.24) is 10.6 Å². The Morgan fingerprint density at radius 1 is 1.08 bits per heavy atom. The molecule has 0 amide bonds. The molecule has 2 unspecified atom stereocenters. The van der Waals surface area contributed by atoms with Gasteiger partial charge in [-0.15, -0.1) is 0 Å². The topological polar surface area (TPSA) is 54.9 Å². The molecular formula is C25H27F6N3O2. The predicted octanol–water partition coefficient (Wildman–Crippen LogP) is 5.43. The summed E-state index contributed by atoms with van der Waals surface area (Å²) in [6, 6.07) is 11.6. The second-order valence-corrected chi connectivity index (χ2v) is 9.04. The minimum atomic E-state index is -4.92. The van der Waals surface area contributed by atoms with Gasteiger partial charge in [-0.05, 0) is 49.1 Å². The van der Waals surface area contributed by atoms with Gasteiger partial charge in [0.2, 0.25) is 0 Å². The highest BCUT2D eigenvalue weighted by Gasteiger charge is 2.39. The van der Waals surface area contributed by atoms with E-state index in [1.54, 1.807) is 0 Å². The van der Waals surface area contributed by atoms with Gasteiger partial charge in [0, 0.05) is 12.6 Å². The Bertz CT molecular complexity index is 1030. The van der Waals surface area contributed by atoms with Crippen LogP contribution < -0.4 is 10.6 Å². The molecule has 2 aliphatic heterocycles. The average Bonchev–Trinajstić information content (AvgIpc) is 3.36. The largest absolute Gasteiger partial charge is 0.463 e. The summed E-state index contributed by atoms with van der Waals surface area (Å²) in [5, 5.41) is 6.74. The maximum absolute atomic E-state index is 13.3. The van der Waals surface area contributed by atoms with Crippen LogP contribution in [0, 0.1) is 0 Å². The Hall–Kier alpha value is -2.79. The second kappa shape index (κ2) is 10.3. The van der Waals surface area contributed by atoms with E-state index in [0.717, 1.165) is 12.0 Å². The number of ether oxygens (including phenoxy) is 2. The second-order valence-electron chi connectivity index (χ2n) is 9.04. The Balaban J connectivity index is 1.52. The summed E-state index contributed by atoms with van der Waals surface area (Å²) >= 11 is 0. The van der Waals surface area contributed by atoms with Crippen molar-refractivity contribution in [2.24, 2.45) is 4.99 Å². The molecule has 0 bridgehead atoms. The third kappa shape index (κ3) is 6.12. The van der Waals surface area contributed by atoms with Gasteiger partial charge in [-0.2, -0.15) is 26.3 Å². The number of amidine groups is 1. The smallest absolute Gasteiger partial charge is 0.416 e. The maximum Gasteiger partial charge on any atom is 0.416 e. The molecule has 2 aliphatic rings. The van der Waals surface area contributed by atoms with Crippen molar-refractivity contribution in [3.8, 4) is 0 Å². The number of hydrogen-bond acceptors (Lipinski definition) is 5. The lowest BCUT2D eigenvalue weighted by Gasteiger charge is -2.42. The van der Waals surface area contributed by atoms with E-state index in [2.05, 4.69) is 15.6 Å². The van der Waals surface area contributed by atoms with Crippen molar-refractivity contribution < 1.29 is 35.8 Å². The molecule has 36 heavy (non-hydrogen) atoms. The summed E-state index contributed by atoms with van der Waals surface area (Å²) in [5.41, 5.74) is -2.65. The van der Waals surface area contributed by atoms with Gasteiger partial charge in [0.1, 0.15) is 6.61 Å². The van der Waals surface area contributed by atoms with E-state index in [1.165, 1.54) is 6.92 Å². The molecule has 0 saturated carbocycles. The fourth-order valence-electron chi connectivity index (χ4n) is 4.44. The molecule has 0 radical (unpaired) electrons. The van der Waals surface area contributed by atoms with E-state index in [0.29, 0.717) is 44.3 Å². The molecule has 0 aromatic heterocycles. The van der Waals surface area contributed by atoms with Gasteiger partial charge in [-0.25, -0.2) is 4.99 Å². The number of nitrogens with one attached hydrogen (secondary N) is 2. The number of benzene rings is 2. The zero-order valence-electron chi connectivity index (χ0n) is 19.5. The zero-order valence-corrected chi connectivity index (χ0v) is 19.5. The molecule has 4 rings (SSSR count). The molecule has 1 fully saturated rings. The van der Waals surface area contributed by atoms with E-state index in [1.807, 2.05) is 30.3 Å². The number of rotatable bonds is 6. The van der Waals surface area contributed by atoms with Crippen LogP contribution in [-0.4, -0.2) is 38.4 Å². The average molecular weight is 515 g/mol. The fourth-order valence-corrected chi connectivity index (χ4v) is 4.44. The van der Waals surface area contributed by atoms with E-state index < -0.39 is 35.1 Å². The Morgan fingerprint density at radius 3 is 2.28 bits per heavy atom. The quantitative estimate of drug-likeness (QED) is 0.505. The molecule has 196 valence electrons. The number of alkyl halides is 6. The summed E-state index contributed by atoms with van der Waals surface area (Å²) in [4.78, 5) is 4.24. The number of piperidine rings is 1. The highest BCUT2D eigenvalue weighted by Crippen LogP contribution is 2.39. The summed E-state index contributed by atoms with van der Waals surface area (Å²) in [6.45, 7) is 3.19. The van der Waals surface area contributed by atoms with E-state index in [4.69, 9.17) is 9.47 Å².